The van der Waals surface area contributed by atoms with Crippen LogP contribution in [-0.4, -0.2) is 24.5 Å². The zero-order valence-electron chi connectivity index (χ0n) is 13.6. The quantitative estimate of drug-likeness (QED) is 0.889. The van der Waals surface area contributed by atoms with Crippen molar-refractivity contribution in [3.63, 3.8) is 0 Å². The molecule has 4 atom stereocenters. The Kier molecular flexibility index (Phi) is 5.77. The number of hydrogen-bond acceptors (Lipinski definition) is 2. The molecular formula is C18H29FN2. The summed E-state index contributed by atoms with van der Waals surface area (Å²) in [7, 11) is 2.08. The Morgan fingerprint density at radius 3 is 2.71 bits per heavy atom. The van der Waals surface area contributed by atoms with Crippen molar-refractivity contribution in [2.45, 2.75) is 51.6 Å². The number of nitrogens with two attached hydrogens (primary N) is 1. The minimum absolute atomic E-state index is 0.0837. The van der Waals surface area contributed by atoms with E-state index in [0.717, 1.165) is 24.4 Å². The SMILES string of the molecule is CCC1CCC(N)C(CN(C)C(C)c2ccccc2F)C1. The molecule has 2 nitrogen and oxygen atoms in total. The first-order chi connectivity index (χ1) is 10.0. The molecule has 0 aliphatic heterocycles. The standard InChI is InChI=1S/C18H29FN2/c1-4-14-9-10-18(20)15(11-14)12-21(3)13(2)16-7-5-6-8-17(16)19/h5-8,13-15,18H,4,9-12,20H2,1-3H3. The van der Waals surface area contributed by atoms with Crippen molar-refractivity contribution in [1.29, 1.82) is 0 Å². The fourth-order valence-corrected chi connectivity index (χ4v) is 3.54. The Labute approximate surface area is 128 Å². The van der Waals surface area contributed by atoms with Crippen LogP contribution < -0.4 is 5.73 Å². The minimum atomic E-state index is -0.115. The van der Waals surface area contributed by atoms with Crippen LogP contribution >= 0.6 is 0 Å². The van der Waals surface area contributed by atoms with E-state index in [0.29, 0.717) is 12.0 Å². The van der Waals surface area contributed by atoms with E-state index in [2.05, 4.69) is 25.8 Å². The summed E-state index contributed by atoms with van der Waals surface area (Å²) in [6.45, 7) is 5.29. The molecule has 1 aliphatic carbocycles. The van der Waals surface area contributed by atoms with Gasteiger partial charge in [-0.2, -0.15) is 0 Å². The summed E-state index contributed by atoms with van der Waals surface area (Å²) in [5.41, 5.74) is 7.09. The first kappa shape index (κ1) is 16.4. The van der Waals surface area contributed by atoms with Crippen LogP contribution in [-0.2, 0) is 0 Å². The van der Waals surface area contributed by atoms with Crippen molar-refractivity contribution in [2.75, 3.05) is 13.6 Å². The van der Waals surface area contributed by atoms with Crippen molar-refractivity contribution in [2.24, 2.45) is 17.6 Å². The van der Waals surface area contributed by atoms with Gasteiger partial charge in [0, 0.05) is 24.2 Å². The van der Waals surface area contributed by atoms with E-state index in [1.54, 1.807) is 12.1 Å². The lowest BCUT2D eigenvalue weighted by molar-refractivity contribution is 0.147. The maximum Gasteiger partial charge on any atom is 0.127 e. The van der Waals surface area contributed by atoms with Crippen LogP contribution in [0.5, 0.6) is 0 Å². The van der Waals surface area contributed by atoms with E-state index in [1.807, 2.05) is 12.1 Å². The highest BCUT2D eigenvalue weighted by Gasteiger charge is 2.29. The molecule has 4 unspecified atom stereocenters. The molecule has 1 fully saturated rings. The Balaban J connectivity index is 2.00. The summed E-state index contributed by atoms with van der Waals surface area (Å²) in [5, 5.41) is 0. The molecule has 0 saturated heterocycles. The monoisotopic (exact) mass is 292 g/mol. The summed E-state index contributed by atoms with van der Waals surface area (Å²) < 4.78 is 13.9. The van der Waals surface area contributed by atoms with Crippen LogP contribution in [0.3, 0.4) is 0 Å². The molecule has 1 saturated carbocycles. The van der Waals surface area contributed by atoms with E-state index >= 15 is 0 Å². The lowest BCUT2D eigenvalue weighted by Crippen LogP contribution is -2.42. The maximum absolute atomic E-state index is 13.9. The lowest BCUT2D eigenvalue weighted by Gasteiger charge is -2.37. The smallest absolute Gasteiger partial charge is 0.127 e. The van der Waals surface area contributed by atoms with Crippen LogP contribution in [0, 0.1) is 17.7 Å². The van der Waals surface area contributed by atoms with E-state index in [9.17, 15) is 4.39 Å². The fourth-order valence-electron chi connectivity index (χ4n) is 3.54. The number of nitrogens with zero attached hydrogens (tertiary/aromatic N) is 1. The Hall–Kier alpha value is -0.930. The number of halogens is 1. The van der Waals surface area contributed by atoms with Gasteiger partial charge < -0.3 is 5.73 Å². The number of benzene rings is 1. The molecular weight excluding hydrogens is 263 g/mol. The Morgan fingerprint density at radius 1 is 1.33 bits per heavy atom. The van der Waals surface area contributed by atoms with Crippen LogP contribution in [0.15, 0.2) is 24.3 Å². The molecule has 0 spiro atoms. The highest BCUT2D eigenvalue weighted by molar-refractivity contribution is 5.20. The molecule has 0 aromatic heterocycles. The maximum atomic E-state index is 13.9. The van der Waals surface area contributed by atoms with Crippen molar-refractivity contribution in [3.8, 4) is 0 Å². The summed E-state index contributed by atoms with van der Waals surface area (Å²) in [5.74, 6) is 1.23. The highest BCUT2D eigenvalue weighted by Crippen LogP contribution is 2.32. The molecule has 3 heteroatoms. The van der Waals surface area contributed by atoms with Crippen LogP contribution in [0.1, 0.15) is 51.1 Å². The third-order valence-electron chi connectivity index (χ3n) is 5.27. The Morgan fingerprint density at radius 2 is 2.05 bits per heavy atom. The third-order valence-corrected chi connectivity index (χ3v) is 5.27. The second-order valence-electron chi connectivity index (χ2n) is 6.65. The van der Waals surface area contributed by atoms with Gasteiger partial charge in [0.2, 0.25) is 0 Å². The van der Waals surface area contributed by atoms with Gasteiger partial charge in [-0.05, 0) is 51.1 Å². The van der Waals surface area contributed by atoms with E-state index in [4.69, 9.17) is 5.73 Å². The zero-order chi connectivity index (χ0) is 15.4. The molecule has 0 heterocycles. The van der Waals surface area contributed by atoms with Crippen molar-refractivity contribution in [1.82, 2.24) is 4.90 Å². The number of rotatable bonds is 5. The van der Waals surface area contributed by atoms with Gasteiger partial charge in [0.1, 0.15) is 5.82 Å². The van der Waals surface area contributed by atoms with Gasteiger partial charge in [-0.1, -0.05) is 31.5 Å². The van der Waals surface area contributed by atoms with Gasteiger partial charge in [-0.3, -0.25) is 4.90 Å². The van der Waals surface area contributed by atoms with Gasteiger partial charge in [0.15, 0.2) is 0 Å². The molecule has 1 aliphatic rings. The summed E-state index contributed by atoms with van der Waals surface area (Å²) in [6.07, 6.45) is 4.85. The topological polar surface area (TPSA) is 29.3 Å². The first-order valence-corrected chi connectivity index (χ1v) is 8.23. The van der Waals surface area contributed by atoms with Crippen molar-refractivity contribution >= 4 is 0 Å². The van der Waals surface area contributed by atoms with Gasteiger partial charge in [-0.25, -0.2) is 4.39 Å². The molecule has 0 bridgehead atoms. The summed E-state index contributed by atoms with van der Waals surface area (Å²) in [4.78, 5) is 2.25. The van der Waals surface area contributed by atoms with Crippen LogP contribution in [0.25, 0.3) is 0 Å². The largest absolute Gasteiger partial charge is 0.327 e. The van der Waals surface area contributed by atoms with Crippen molar-refractivity contribution in [3.05, 3.63) is 35.6 Å². The molecule has 0 radical (unpaired) electrons. The van der Waals surface area contributed by atoms with E-state index in [1.165, 1.54) is 19.3 Å². The van der Waals surface area contributed by atoms with Crippen LogP contribution in [0.4, 0.5) is 4.39 Å². The highest BCUT2D eigenvalue weighted by atomic mass is 19.1. The van der Waals surface area contributed by atoms with Crippen LogP contribution in [0.2, 0.25) is 0 Å². The fraction of sp³-hybridized carbons (Fsp3) is 0.667. The third kappa shape index (κ3) is 4.04. The summed E-state index contributed by atoms with van der Waals surface area (Å²) >= 11 is 0. The first-order valence-electron chi connectivity index (χ1n) is 8.23. The van der Waals surface area contributed by atoms with Crippen molar-refractivity contribution < 1.29 is 4.39 Å². The van der Waals surface area contributed by atoms with Gasteiger partial charge >= 0.3 is 0 Å². The number of hydrogen-bond donors (Lipinski definition) is 1. The summed E-state index contributed by atoms with van der Waals surface area (Å²) in [6, 6.07) is 7.45. The predicted octanol–water partition coefficient (Wildman–Crippen LogP) is 3.97. The Bertz CT molecular complexity index is 449. The van der Waals surface area contributed by atoms with Gasteiger partial charge in [0.25, 0.3) is 0 Å². The molecule has 118 valence electrons. The second-order valence-corrected chi connectivity index (χ2v) is 6.65. The molecule has 2 rings (SSSR count). The predicted molar refractivity (Wildman–Crippen MR) is 86.5 cm³/mol. The molecule has 0 amide bonds. The van der Waals surface area contributed by atoms with Gasteiger partial charge in [-0.15, -0.1) is 0 Å². The second kappa shape index (κ2) is 7.37. The normalized spacial score (nSPS) is 27.8. The average molecular weight is 292 g/mol. The molecule has 1 aromatic rings. The molecule has 21 heavy (non-hydrogen) atoms. The lowest BCUT2D eigenvalue weighted by atomic mass is 9.77. The minimum Gasteiger partial charge on any atom is -0.327 e. The molecule has 1 aromatic carbocycles. The molecule has 2 N–H and O–H groups in total. The van der Waals surface area contributed by atoms with E-state index in [-0.39, 0.29) is 11.9 Å². The van der Waals surface area contributed by atoms with Gasteiger partial charge in [0.05, 0.1) is 0 Å². The average Bonchev–Trinajstić information content (AvgIpc) is 2.49. The zero-order valence-corrected chi connectivity index (χ0v) is 13.6. The van der Waals surface area contributed by atoms with E-state index < -0.39 is 0 Å².